The fraction of sp³-hybridized carbons (Fsp3) is 0.600. The Hall–Kier alpha value is -2.98. The van der Waals surface area contributed by atoms with Gasteiger partial charge in [0.05, 0.1) is 6.10 Å². The number of aliphatic carboxylic acids is 1. The van der Waals surface area contributed by atoms with Crippen LogP contribution in [0.5, 0.6) is 5.75 Å². The summed E-state index contributed by atoms with van der Waals surface area (Å²) in [5, 5.41) is 19.9. The van der Waals surface area contributed by atoms with E-state index < -0.39 is 18.2 Å². The van der Waals surface area contributed by atoms with Crippen molar-refractivity contribution >= 4 is 12.1 Å². The maximum absolute atomic E-state index is 12.9. The van der Waals surface area contributed by atoms with E-state index in [0.717, 1.165) is 49.2 Å². The van der Waals surface area contributed by atoms with Crippen LogP contribution in [0.3, 0.4) is 0 Å². The second-order valence-electron chi connectivity index (χ2n) is 10.5. The second kappa shape index (κ2) is 12.5. The van der Waals surface area contributed by atoms with E-state index in [1.165, 1.54) is 0 Å². The fourth-order valence-corrected chi connectivity index (χ4v) is 5.82. The highest BCUT2D eigenvalue weighted by molar-refractivity contribution is 5.68. The number of aliphatic hydroxyl groups excluding tert-OH is 1. The molecule has 2 aliphatic heterocycles. The first-order valence-electron chi connectivity index (χ1n) is 13.6. The minimum absolute atomic E-state index is 0.00450. The van der Waals surface area contributed by atoms with Crippen LogP contribution in [0.2, 0.25) is 0 Å². The van der Waals surface area contributed by atoms with Gasteiger partial charge in [0, 0.05) is 55.7 Å². The fourth-order valence-electron chi connectivity index (χ4n) is 5.82. The average Bonchev–Trinajstić information content (AvgIpc) is 3.40. The average molecular weight is 510 g/mol. The Morgan fingerprint density at radius 2 is 2.05 bits per heavy atom. The lowest BCUT2D eigenvalue weighted by molar-refractivity contribution is -0.137. The van der Waals surface area contributed by atoms with Crippen LogP contribution in [-0.2, 0) is 16.0 Å². The normalized spacial score (nSPS) is 26.0. The number of rotatable bonds is 9. The molecular formula is C30H39NO6. The molecule has 200 valence electrons. The van der Waals surface area contributed by atoms with Crippen LogP contribution >= 0.6 is 0 Å². The predicted molar refractivity (Wildman–Crippen MR) is 140 cm³/mol. The monoisotopic (exact) mass is 509 g/mol. The Labute approximate surface area is 219 Å². The van der Waals surface area contributed by atoms with Gasteiger partial charge < -0.3 is 24.6 Å². The van der Waals surface area contributed by atoms with Gasteiger partial charge in [0.1, 0.15) is 18.0 Å². The third kappa shape index (κ3) is 6.48. The Kier molecular flexibility index (Phi) is 9.15. The lowest BCUT2D eigenvalue weighted by Crippen LogP contribution is -2.39. The number of para-hydroxylation sites is 1. The van der Waals surface area contributed by atoms with Crippen molar-refractivity contribution in [2.24, 2.45) is 11.8 Å². The summed E-state index contributed by atoms with van der Waals surface area (Å²) < 4.78 is 12.3. The number of piperidine rings is 1. The summed E-state index contributed by atoms with van der Waals surface area (Å²) in [5.74, 6) is 5.93. The Morgan fingerprint density at radius 3 is 2.78 bits per heavy atom. The SMILES string of the molecule is CC#CC[C@H](C)[C@@H](/C=C/[C@@H]1[C@H]2c3cccc(CCCC(=O)O)c3O[C@H]2C[C@H]1O)OC(=O)N1CCCCC1. The van der Waals surface area contributed by atoms with Gasteiger partial charge in [0.2, 0.25) is 0 Å². The van der Waals surface area contributed by atoms with E-state index in [4.69, 9.17) is 14.6 Å². The first-order valence-corrected chi connectivity index (χ1v) is 13.6. The molecule has 1 amide bonds. The largest absolute Gasteiger partial charge is 0.489 e. The molecule has 2 fully saturated rings. The van der Waals surface area contributed by atoms with Gasteiger partial charge in [-0.3, -0.25) is 4.79 Å². The van der Waals surface area contributed by atoms with Crippen LogP contribution in [0.4, 0.5) is 4.79 Å². The van der Waals surface area contributed by atoms with Gasteiger partial charge in [-0.1, -0.05) is 31.2 Å². The molecule has 2 heterocycles. The molecule has 0 unspecified atom stereocenters. The van der Waals surface area contributed by atoms with Crippen LogP contribution in [0, 0.1) is 23.7 Å². The third-order valence-corrected chi connectivity index (χ3v) is 7.86. The number of carboxylic acid groups (broad SMARTS) is 1. The molecule has 37 heavy (non-hydrogen) atoms. The smallest absolute Gasteiger partial charge is 0.410 e. The number of ether oxygens (including phenoxy) is 2. The Bertz CT molecular complexity index is 1050. The molecule has 0 radical (unpaired) electrons. The van der Waals surface area contributed by atoms with Gasteiger partial charge in [0.25, 0.3) is 0 Å². The molecule has 7 heteroatoms. The predicted octanol–water partition coefficient (Wildman–Crippen LogP) is 4.92. The molecule has 4 rings (SSSR count). The van der Waals surface area contributed by atoms with Gasteiger partial charge >= 0.3 is 12.1 Å². The standard InChI is InChI=1S/C30H39NO6/c1-3-4-10-20(2)25(37-30(35)31-17-6-5-7-18-31)16-15-22-24(32)19-26-28(22)23-13-8-11-21(29(23)36-26)12-9-14-27(33)34/h8,11,13,15-16,20,22,24-26,28,32H,5-7,9-10,12,14,17-19H2,1-2H3,(H,33,34)/b16-15+/t20-,22-,24+,25+,26-,28-/m0/s1. The number of aryl methyl sites for hydroxylation is 1. The summed E-state index contributed by atoms with van der Waals surface area (Å²) in [5.41, 5.74) is 2.08. The first-order chi connectivity index (χ1) is 17.9. The number of fused-ring (bicyclic) bond motifs is 3. The van der Waals surface area contributed by atoms with Crippen molar-refractivity contribution in [1.29, 1.82) is 0 Å². The van der Waals surface area contributed by atoms with E-state index in [2.05, 4.69) is 11.8 Å². The summed E-state index contributed by atoms with van der Waals surface area (Å²) in [6.07, 6.45) is 8.15. The van der Waals surface area contributed by atoms with Crippen LogP contribution in [0.1, 0.15) is 75.8 Å². The van der Waals surface area contributed by atoms with Gasteiger partial charge in [-0.25, -0.2) is 4.79 Å². The number of benzene rings is 1. The van der Waals surface area contributed by atoms with Gasteiger partial charge in [-0.2, -0.15) is 0 Å². The third-order valence-electron chi connectivity index (χ3n) is 7.86. The molecule has 1 aromatic carbocycles. The van der Waals surface area contributed by atoms with Crippen LogP contribution in [-0.4, -0.2) is 58.6 Å². The van der Waals surface area contributed by atoms with Crippen molar-refractivity contribution in [1.82, 2.24) is 4.90 Å². The zero-order chi connectivity index (χ0) is 26.4. The number of hydrogen-bond donors (Lipinski definition) is 2. The maximum atomic E-state index is 12.9. The van der Waals surface area contributed by atoms with E-state index in [0.29, 0.717) is 25.7 Å². The van der Waals surface area contributed by atoms with E-state index >= 15 is 0 Å². The lowest BCUT2D eigenvalue weighted by atomic mass is 9.86. The molecule has 1 aromatic rings. The highest BCUT2D eigenvalue weighted by Gasteiger charge is 2.49. The molecule has 1 aliphatic carbocycles. The van der Waals surface area contributed by atoms with Crippen molar-refractivity contribution < 1.29 is 29.3 Å². The van der Waals surface area contributed by atoms with Crippen molar-refractivity contribution in [3.8, 4) is 17.6 Å². The van der Waals surface area contributed by atoms with Crippen molar-refractivity contribution in [2.75, 3.05) is 13.1 Å². The maximum Gasteiger partial charge on any atom is 0.410 e. The van der Waals surface area contributed by atoms with E-state index in [1.807, 2.05) is 37.3 Å². The quantitative estimate of drug-likeness (QED) is 0.363. The van der Waals surface area contributed by atoms with Crippen molar-refractivity contribution in [2.45, 2.75) is 89.4 Å². The molecule has 0 bridgehead atoms. The molecule has 1 saturated carbocycles. The summed E-state index contributed by atoms with van der Waals surface area (Å²) in [6.45, 7) is 5.30. The number of carboxylic acids is 1. The first kappa shape index (κ1) is 27.1. The highest BCUT2D eigenvalue weighted by Crippen LogP contribution is 2.52. The number of likely N-dealkylation sites (tertiary alicyclic amines) is 1. The molecule has 3 aliphatic rings. The topological polar surface area (TPSA) is 96.3 Å². The lowest BCUT2D eigenvalue weighted by Gasteiger charge is -2.29. The highest BCUT2D eigenvalue weighted by atomic mass is 16.6. The second-order valence-corrected chi connectivity index (χ2v) is 10.5. The zero-order valence-electron chi connectivity index (χ0n) is 21.9. The van der Waals surface area contributed by atoms with E-state index in [-0.39, 0.29) is 36.4 Å². The van der Waals surface area contributed by atoms with E-state index in [9.17, 15) is 14.7 Å². The molecule has 0 aromatic heterocycles. The van der Waals surface area contributed by atoms with Crippen molar-refractivity contribution in [3.05, 3.63) is 41.5 Å². The summed E-state index contributed by atoms with van der Waals surface area (Å²) in [6, 6.07) is 6.03. The minimum Gasteiger partial charge on any atom is -0.489 e. The number of carbonyl (C=O) groups excluding carboxylic acids is 1. The van der Waals surface area contributed by atoms with Gasteiger partial charge in [-0.05, 0) is 50.7 Å². The zero-order valence-corrected chi connectivity index (χ0v) is 21.9. The molecule has 2 N–H and O–H groups in total. The molecule has 7 nitrogen and oxygen atoms in total. The van der Waals surface area contributed by atoms with Crippen LogP contribution in [0.25, 0.3) is 0 Å². The molecule has 0 spiro atoms. The summed E-state index contributed by atoms with van der Waals surface area (Å²) in [4.78, 5) is 25.6. The number of aliphatic hydroxyl groups is 1. The Morgan fingerprint density at radius 1 is 1.27 bits per heavy atom. The number of amides is 1. The van der Waals surface area contributed by atoms with Crippen molar-refractivity contribution in [3.63, 3.8) is 0 Å². The van der Waals surface area contributed by atoms with E-state index in [1.54, 1.807) is 11.8 Å². The minimum atomic E-state index is -0.798. The summed E-state index contributed by atoms with van der Waals surface area (Å²) >= 11 is 0. The molecule has 1 saturated heterocycles. The van der Waals surface area contributed by atoms with Crippen LogP contribution < -0.4 is 4.74 Å². The number of nitrogens with zero attached hydrogens (tertiary/aromatic N) is 1. The molecular weight excluding hydrogens is 470 g/mol. The van der Waals surface area contributed by atoms with Gasteiger partial charge in [-0.15, -0.1) is 11.8 Å². The summed E-state index contributed by atoms with van der Waals surface area (Å²) in [7, 11) is 0. The van der Waals surface area contributed by atoms with Crippen LogP contribution in [0.15, 0.2) is 30.4 Å². The molecule has 6 atom stereocenters. The number of hydrogen-bond acceptors (Lipinski definition) is 5. The number of carbonyl (C=O) groups is 2. The van der Waals surface area contributed by atoms with Gasteiger partial charge in [0.15, 0.2) is 0 Å². The Balaban J connectivity index is 1.51.